The zero-order valence-corrected chi connectivity index (χ0v) is 12.2. The molecule has 1 saturated heterocycles. The van der Waals surface area contributed by atoms with E-state index >= 15 is 0 Å². The quantitative estimate of drug-likeness (QED) is 0.917. The van der Waals surface area contributed by atoms with Gasteiger partial charge in [0.2, 0.25) is 0 Å². The number of anilines is 1. The molecule has 1 N–H and O–H groups in total. The minimum absolute atomic E-state index is 0.452. The van der Waals surface area contributed by atoms with Gasteiger partial charge in [0.05, 0.1) is 17.6 Å². The van der Waals surface area contributed by atoms with Crippen molar-refractivity contribution >= 4 is 16.9 Å². The molecule has 0 aromatic carbocycles. The second-order valence-electron chi connectivity index (χ2n) is 5.18. The molecule has 1 fully saturated rings. The molecule has 0 bridgehead atoms. The summed E-state index contributed by atoms with van der Waals surface area (Å²) in [4.78, 5) is 11.2. The van der Waals surface area contributed by atoms with Crippen molar-refractivity contribution in [2.24, 2.45) is 0 Å². The molecule has 0 spiro atoms. The average Bonchev–Trinajstić information content (AvgIpc) is 2.94. The average molecular weight is 274 g/mol. The molecular formula is C14H22N6. The number of rotatable bonds is 4. The van der Waals surface area contributed by atoms with E-state index in [0.29, 0.717) is 6.04 Å². The lowest BCUT2D eigenvalue weighted by Crippen LogP contribution is -2.30. The van der Waals surface area contributed by atoms with E-state index < -0.39 is 0 Å². The third kappa shape index (κ3) is 2.24. The number of fused-ring (bicyclic) bond motifs is 1. The summed E-state index contributed by atoms with van der Waals surface area (Å²) in [5.74, 6) is 1.00. The van der Waals surface area contributed by atoms with Crippen LogP contribution in [0.1, 0.15) is 32.7 Å². The molecule has 108 valence electrons. The van der Waals surface area contributed by atoms with Crippen LogP contribution in [0.3, 0.4) is 0 Å². The summed E-state index contributed by atoms with van der Waals surface area (Å²) in [6.07, 6.45) is 5.81. The third-order valence-corrected chi connectivity index (χ3v) is 4.09. The standard InChI is InChI=1S/C14H22N6/c1-3-19(4-2)13-12-9-18-20(14(12)17-10-16-13)11-5-7-15-8-6-11/h9-11,15H,3-8H2,1-2H3. The summed E-state index contributed by atoms with van der Waals surface area (Å²) in [7, 11) is 0. The Kier molecular flexibility index (Phi) is 3.82. The van der Waals surface area contributed by atoms with Crippen molar-refractivity contribution in [1.29, 1.82) is 0 Å². The molecule has 6 nitrogen and oxygen atoms in total. The molecule has 6 heteroatoms. The molecule has 3 heterocycles. The van der Waals surface area contributed by atoms with Crippen LogP contribution in [0, 0.1) is 0 Å². The van der Waals surface area contributed by atoms with E-state index in [1.165, 1.54) is 0 Å². The van der Waals surface area contributed by atoms with Crippen molar-refractivity contribution < 1.29 is 0 Å². The summed E-state index contributed by atoms with van der Waals surface area (Å²) in [5, 5.41) is 9.05. The summed E-state index contributed by atoms with van der Waals surface area (Å²) in [6.45, 7) is 8.30. The molecule has 0 saturated carbocycles. The number of piperidine rings is 1. The van der Waals surface area contributed by atoms with Crippen molar-refractivity contribution in [3.05, 3.63) is 12.5 Å². The normalized spacial score (nSPS) is 16.7. The summed E-state index contributed by atoms with van der Waals surface area (Å²) in [5.41, 5.74) is 0.966. The first-order chi connectivity index (χ1) is 9.85. The first-order valence-corrected chi connectivity index (χ1v) is 7.49. The molecule has 0 atom stereocenters. The van der Waals surface area contributed by atoms with Crippen molar-refractivity contribution in [2.45, 2.75) is 32.7 Å². The van der Waals surface area contributed by atoms with E-state index in [0.717, 1.165) is 55.9 Å². The fourth-order valence-electron chi connectivity index (χ4n) is 2.94. The number of nitrogens with zero attached hydrogens (tertiary/aromatic N) is 5. The van der Waals surface area contributed by atoms with Gasteiger partial charge in [0.15, 0.2) is 5.65 Å². The Morgan fingerprint density at radius 3 is 2.70 bits per heavy atom. The van der Waals surface area contributed by atoms with Gasteiger partial charge in [0, 0.05) is 13.1 Å². The maximum absolute atomic E-state index is 4.59. The Hall–Kier alpha value is -1.69. The lowest BCUT2D eigenvalue weighted by atomic mass is 10.1. The van der Waals surface area contributed by atoms with Gasteiger partial charge in [-0.25, -0.2) is 14.6 Å². The maximum atomic E-state index is 4.59. The molecule has 20 heavy (non-hydrogen) atoms. The van der Waals surface area contributed by atoms with E-state index in [2.05, 4.69) is 43.8 Å². The molecule has 2 aromatic heterocycles. The number of aromatic nitrogens is 4. The molecular weight excluding hydrogens is 252 g/mol. The summed E-state index contributed by atoms with van der Waals surface area (Å²) in [6, 6.07) is 0.452. The van der Waals surface area contributed by atoms with E-state index in [1.54, 1.807) is 6.33 Å². The van der Waals surface area contributed by atoms with Crippen LogP contribution in [0.5, 0.6) is 0 Å². The minimum Gasteiger partial charge on any atom is -0.356 e. The number of nitrogens with one attached hydrogen (secondary N) is 1. The van der Waals surface area contributed by atoms with E-state index in [1.807, 2.05) is 6.20 Å². The van der Waals surface area contributed by atoms with E-state index in [4.69, 9.17) is 0 Å². The largest absolute Gasteiger partial charge is 0.356 e. The highest BCUT2D eigenvalue weighted by Gasteiger charge is 2.20. The van der Waals surface area contributed by atoms with Crippen LogP contribution in [-0.2, 0) is 0 Å². The lowest BCUT2D eigenvalue weighted by molar-refractivity contribution is 0.349. The number of hydrogen-bond acceptors (Lipinski definition) is 5. The highest BCUT2D eigenvalue weighted by Crippen LogP contribution is 2.27. The predicted octanol–water partition coefficient (Wildman–Crippen LogP) is 1.60. The Morgan fingerprint density at radius 2 is 2.00 bits per heavy atom. The Bertz CT molecular complexity index is 568. The van der Waals surface area contributed by atoms with Crippen molar-refractivity contribution in [3.63, 3.8) is 0 Å². The molecule has 0 aliphatic carbocycles. The van der Waals surface area contributed by atoms with Gasteiger partial charge in [-0.15, -0.1) is 0 Å². The van der Waals surface area contributed by atoms with Crippen LogP contribution in [0.2, 0.25) is 0 Å². The Labute approximate surface area is 119 Å². The predicted molar refractivity (Wildman–Crippen MR) is 80.0 cm³/mol. The smallest absolute Gasteiger partial charge is 0.163 e. The molecule has 0 unspecified atom stereocenters. The zero-order chi connectivity index (χ0) is 13.9. The molecule has 1 aliphatic rings. The Balaban J connectivity index is 2.02. The van der Waals surface area contributed by atoms with Crippen LogP contribution in [0.15, 0.2) is 12.5 Å². The van der Waals surface area contributed by atoms with Crippen molar-refractivity contribution in [2.75, 3.05) is 31.1 Å². The first kappa shape index (κ1) is 13.3. The maximum Gasteiger partial charge on any atom is 0.163 e. The zero-order valence-electron chi connectivity index (χ0n) is 12.2. The lowest BCUT2D eigenvalue weighted by Gasteiger charge is -2.23. The second-order valence-corrected chi connectivity index (χ2v) is 5.18. The third-order valence-electron chi connectivity index (χ3n) is 4.09. The van der Waals surface area contributed by atoms with E-state index in [-0.39, 0.29) is 0 Å². The van der Waals surface area contributed by atoms with Gasteiger partial charge in [-0.2, -0.15) is 5.10 Å². The van der Waals surface area contributed by atoms with Crippen molar-refractivity contribution in [3.8, 4) is 0 Å². The van der Waals surface area contributed by atoms with Gasteiger partial charge in [0.25, 0.3) is 0 Å². The van der Waals surface area contributed by atoms with E-state index in [9.17, 15) is 0 Å². The first-order valence-electron chi connectivity index (χ1n) is 7.49. The van der Waals surface area contributed by atoms with Crippen molar-refractivity contribution in [1.82, 2.24) is 25.1 Å². The van der Waals surface area contributed by atoms with Crippen LogP contribution < -0.4 is 10.2 Å². The highest BCUT2D eigenvalue weighted by atomic mass is 15.3. The summed E-state index contributed by atoms with van der Waals surface area (Å²) < 4.78 is 2.09. The molecule has 1 aliphatic heterocycles. The van der Waals surface area contributed by atoms with Gasteiger partial charge in [-0.1, -0.05) is 0 Å². The van der Waals surface area contributed by atoms with Crippen LogP contribution in [-0.4, -0.2) is 45.9 Å². The van der Waals surface area contributed by atoms with Gasteiger partial charge in [-0.05, 0) is 39.8 Å². The summed E-state index contributed by atoms with van der Waals surface area (Å²) >= 11 is 0. The SMILES string of the molecule is CCN(CC)c1ncnc2c1cnn2C1CCNCC1. The Morgan fingerprint density at radius 1 is 1.25 bits per heavy atom. The van der Waals surface area contributed by atoms with Crippen LogP contribution in [0.25, 0.3) is 11.0 Å². The topological polar surface area (TPSA) is 58.9 Å². The minimum atomic E-state index is 0.452. The van der Waals surface area contributed by atoms with Crippen LogP contribution >= 0.6 is 0 Å². The molecule has 3 rings (SSSR count). The molecule has 2 aromatic rings. The molecule has 0 amide bonds. The van der Waals surface area contributed by atoms with Gasteiger partial charge < -0.3 is 10.2 Å². The highest BCUT2D eigenvalue weighted by molar-refractivity contribution is 5.86. The monoisotopic (exact) mass is 274 g/mol. The van der Waals surface area contributed by atoms with Gasteiger partial charge in [-0.3, -0.25) is 0 Å². The fourth-order valence-corrected chi connectivity index (χ4v) is 2.94. The fraction of sp³-hybridized carbons (Fsp3) is 0.643. The van der Waals surface area contributed by atoms with Gasteiger partial charge in [0.1, 0.15) is 12.1 Å². The second kappa shape index (κ2) is 5.75. The van der Waals surface area contributed by atoms with Crippen LogP contribution in [0.4, 0.5) is 5.82 Å². The molecule has 0 radical (unpaired) electrons. The number of hydrogen-bond donors (Lipinski definition) is 1. The van der Waals surface area contributed by atoms with Gasteiger partial charge >= 0.3 is 0 Å².